The molecule has 9 rings (SSSR count). The molecule has 4 aliphatic rings. The second-order valence-corrected chi connectivity index (χ2v) is 19.3. The lowest BCUT2D eigenvalue weighted by atomic mass is 9.71. The SMILES string of the molecule is COc1cccc2c1C(=O)c1c(O)c3c(c(O)c1C2=O)C[C@@](O)(/C(C)=N/NC(=O)c1ccccc1)C[C@@H]3O[C@H]1C[C@H](N)[C@H](O)[C@H](C)O1.O=C1c2c(O)ccc(O)c2C(=O)c2c(NCCNCCO)ccc(NCCNCCO)c21. The molecule has 79 heavy (non-hydrogen) atoms. The van der Waals surface area contributed by atoms with E-state index < -0.39 is 87.9 Å². The Labute approximate surface area is 453 Å². The van der Waals surface area contributed by atoms with Crippen molar-refractivity contribution in [1.29, 1.82) is 0 Å². The predicted molar refractivity (Wildman–Crippen MR) is 287 cm³/mol. The average Bonchev–Trinajstić information content (AvgIpc) is 3.37. The van der Waals surface area contributed by atoms with Crippen molar-refractivity contribution in [2.75, 3.05) is 70.2 Å². The number of nitrogens with zero attached hydrogens (tertiary/aromatic N) is 1. The van der Waals surface area contributed by atoms with E-state index >= 15 is 0 Å². The van der Waals surface area contributed by atoms with Crippen LogP contribution in [0.25, 0.3) is 0 Å². The van der Waals surface area contributed by atoms with Gasteiger partial charge in [0, 0.05) is 98.2 Å². The van der Waals surface area contributed by atoms with Crippen LogP contribution in [-0.4, -0.2) is 165 Å². The van der Waals surface area contributed by atoms with Crippen LogP contribution in [0.3, 0.4) is 0 Å². The second-order valence-electron chi connectivity index (χ2n) is 19.3. The molecule has 0 saturated carbocycles. The van der Waals surface area contributed by atoms with Crippen LogP contribution < -0.4 is 37.2 Å². The lowest BCUT2D eigenvalue weighted by Gasteiger charge is -2.42. The lowest BCUT2D eigenvalue weighted by Crippen LogP contribution is -2.52. The standard InChI is InChI=1S/C34H35N3O10.C22H28N4O6/c1-15-28(38)20(35)12-23(46-15)47-22-14-34(44,16(2)36-37-33(43)17-8-5-4-6-9-17)13-19-25(22)32(42)27-26(30(19)40)29(39)18-10-7-11-21(45-3)24(18)31(27)41;27-11-9-23-5-7-25-13-1-2-14(26-8-6-24-10-12-28)18-17(13)21(31)19-15(29)3-4-16(30)20(19)22(18)32/h4-11,15,20,22-23,28,38,40,42,44H,12-14,35H2,1-3H3,(H,37,43);1-4,23-30H,5-12H2/b36-16+;/t15-,20-,22-,23-,28+,34-;/m0./s1. The van der Waals surface area contributed by atoms with E-state index in [9.17, 15) is 54.6 Å². The van der Waals surface area contributed by atoms with Crippen molar-refractivity contribution in [3.63, 3.8) is 0 Å². The third kappa shape index (κ3) is 11.4. The summed E-state index contributed by atoms with van der Waals surface area (Å²) in [6, 6.07) is 17.8. The molecule has 23 nitrogen and oxygen atoms in total. The number of hydrazone groups is 1. The van der Waals surface area contributed by atoms with Gasteiger partial charge in [-0.3, -0.25) is 24.0 Å². The maximum Gasteiger partial charge on any atom is 0.271 e. The molecule has 1 aliphatic heterocycles. The van der Waals surface area contributed by atoms with Crippen molar-refractivity contribution >= 4 is 46.1 Å². The van der Waals surface area contributed by atoms with Gasteiger partial charge in [0.25, 0.3) is 5.91 Å². The fourth-order valence-corrected chi connectivity index (χ4v) is 10.2. The van der Waals surface area contributed by atoms with Gasteiger partial charge in [-0.1, -0.05) is 30.3 Å². The van der Waals surface area contributed by atoms with Crippen LogP contribution in [0, 0.1) is 0 Å². The topological polar surface area (TPSA) is 373 Å². The molecule has 418 valence electrons. The minimum Gasteiger partial charge on any atom is -0.507 e. The van der Waals surface area contributed by atoms with Gasteiger partial charge in [0.2, 0.25) is 17.3 Å². The van der Waals surface area contributed by atoms with E-state index in [1.54, 1.807) is 49.4 Å². The number of nitrogens with two attached hydrogens (primary N) is 1. The Morgan fingerprint density at radius 3 is 1.85 bits per heavy atom. The summed E-state index contributed by atoms with van der Waals surface area (Å²) in [5, 5.41) is 101. The summed E-state index contributed by atoms with van der Waals surface area (Å²) >= 11 is 0. The van der Waals surface area contributed by atoms with Gasteiger partial charge in [-0.25, -0.2) is 5.43 Å². The van der Waals surface area contributed by atoms with Crippen LogP contribution in [0.15, 0.2) is 77.9 Å². The Hall–Kier alpha value is -7.84. The highest BCUT2D eigenvalue weighted by Gasteiger charge is 2.49. The van der Waals surface area contributed by atoms with Crippen LogP contribution >= 0.6 is 0 Å². The Morgan fingerprint density at radius 2 is 1.29 bits per heavy atom. The minimum absolute atomic E-state index is 0.00939. The first-order valence-corrected chi connectivity index (χ1v) is 25.5. The number of ketones is 4. The molecule has 0 spiro atoms. The Morgan fingerprint density at radius 1 is 0.722 bits per heavy atom. The number of carbonyl (C=O) groups is 5. The van der Waals surface area contributed by atoms with E-state index in [2.05, 4.69) is 31.8 Å². The molecular formula is C56H63N7O16. The van der Waals surface area contributed by atoms with E-state index in [-0.39, 0.29) is 99.9 Å². The summed E-state index contributed by atoms with van der Waals surface area (Å²) < 4.78 is 17.5. The first-order valence-electron chi connectivity index (χ1n) is 25.5. The Bertz CT molecular complexity index is 3120. The molecule has 1 amide bonds. The summed E-state index contributed by atoms with van der Waals surface area (Å²) in [7, 11) is 1.34. The van der Waals surface area contributed by atoms with Gasteiger partial charge in [0.15, 0.2) is 12.1 Å². The highest BCUT2D eigenvalue weighted by atomic mass is 16.7. The van der Waals surface area contributed by atoms with Crippen LogP contribution in [0.5, 0.6) is 28.7 Å². The highest BCUT2D eigenvalue weighted by molar-refractivity contribution is 6.34. The smallest absolute Gasteiger partial charge is 0.271 e. The van der Waals surface area contributed by atoms with E-state index in [0.717, 1.165) is 0 Å². The first kappa shape index (κ1) is 57.3. The summed E-state index contributed by atoms with van der Waals surface area (Å²) in [5.74, 6) is -4.95. The predicted octanol–water partition coefficient (Wildman–Crippen LogP) is 2.11. The number of aromatic hydroxyl groups is 4. The number of amides is 1. The number of rotatable bonds is 18. The molecule has 5 aromatic carbocycles. The molecule has 15 N–H and O–H groups in total. The van der Waals surface area contributed by atoms with Crippen molar-refractivity contribution in [1.82, 2.24) is 16.1 Å². The van der Waals surface area contributed by atoms with Gasteiger partial charge in [-0.05, 0) is 56.3 Å². The molecule has 0 unspecified atom stereocenters. The van der Waals surface area contributed by atoms with Crippen molar-refractivity contribution in [2.24, 2.45) is 10.8 Å². The fraction of sp³-hybridized carbons (Fsp3) is 0.357. The van der Waals surface area contributed by atoms with Gasteiger partial charge in [-0.15, -0.1) is 0 Å². The van der Waals surface area contributed by atoms with E-state index in [0.29, 0.717) is 56.2 Å². The molecule has 1 heterocycles. The third-order valence-electron chi connectivity index (χ3n) is 14.3. The number of ether oxygens (including phenoxy) is 3. The normalized spacial score (nSPS) is 21.1. The molecule has 5 aromatic rings. The Kier molecular flexibility index (Phi) is 17.7. The zero-order valence-corrected chi connectivity index (χ0v) is 43.5. The number of nitrogens with one attached hydrogen (secondary N) is 5. The number of hydrogen-bond donors (Lipinski definition) is 14. The number of phenolic OH excluding ortho intramolecular Hbond substituents is 4. The zero-order chi connectivity index (χ0) is 56.9. The quantitative estimate of drug-likeness (QED) is 0.0253. The number of fused-ring (bicyclic) bond motifs is 5. The van der Waals surface area contributed by atoms with Crippen molar-refractivity contribution in [3.8, 4) is 28.7 Å². The largest absolute Gasteiger partial charge is 0.507 e. The summed E-state index contributed by atoms with van der Waals surface area (Å²) in [6.07, 6.45) is -4.51. The number of benzene rings is 5. The monoisotopic (exact) mass is 1090 g/mol. The molecule has 1 fully saturated rings. The van der Waals surface area contributed by atoms with E-state index in [4.69, 9.17) is 30.2 Å². The number of carbonyl (C=O) groups excluding carboxylic acids is 5. The number of methoxy groups -OCH3 is 1. The summed E-state index contributed by atoms with van der Waals surface area (Å²) in [5.41, 5.74) is 6.72. The van der Waals surface area contributed by atoms with Crippen molar-refractivity contribution < 1.29 is 79.0 Å². The molecular weight excluding hydrogens is 1030 g/mol. The molecule has 0 bridgehead atoms. The number of anilines is 2. The minimum atomic E-state index is -1.88. The van der Waals surface area contributed by atoms with Gasteiger partial charge < -0.3 is 82.1 Å². The van der Waals surface area contributed by atoms with Gasteiger partial charge in [0.1, 0.15) is 34.3 Å². The molecule has 0 radical (unpaired) electrons. The van der Waals surface area contributed by atoms with Gasteiger partial charge >= 0.3 is 0 Å². The zero-order valence-electron chi connectivity index (χ0n) is 43.5. The van der Waals surface area contributed by atoms with Crippen LogP contribution in [0.1, 0.15) is 118 Å². The number of aliphatic hydroxyl groups excluding tert-OH is 3. The Balaban J connectivity index is 0.000000224. The van der Waals surface area contributed by atoms with Gasteiger partial charge in [0.05, 0.1) is 83.3 Å². The molecule has 1 saturated heterocycles. The van der Waals surface area contributed by atoms with Crippen molar-refractivity contribution in [3.05, 3.63) is 134 Å². The average molecular weight is 1090 g/mol. The fourth-order valence-electron chi connectivity index (χ4n) is 10.2. The van der Waals surface area contributed by atoms with Crippen LogP contribution in [0.2, 0.25) is 0 Å². The summed E-state index contributed by atoms with van der Waals surface area (Å²) in [4.78, 5) is 67.1. The molecule has 6 atom stereocenters. The van der Waals surface area contributed by atoms with Gasteiger partial charge in [-0.2, -0.15) is 5.10 Å². The molecule has 0 aromatic heterocycles. The molecule has 23 heteroatoms. The number of aliphatic hydroxyl groups is 4. The van der Waals surface area contributed by atoms with E-state index in [1.807, 2.05) is 0 Å². The van der Waals surface area contributed by atoms with Crippen LogP contribution in [0.4, 0.5) is 11.4 Å². The number of hydrogen-bond acceptors (Lipinski definition) is 22. The summed E-state index contributed by atoms with van der Waals surface area (Å²) in [6.45, 7) is 5.90. The second kappa shape index (κ2) is 24.4. The number of phenols is 4. The highest BCUT2D eigenvalue weighted by Crippen LogP contribution is 2.53. The van der Waals surface area contributed by atoms with Crippen LogP contribution in [-0.2, 0) is 15.9 Å². The maximum atomic E-state index is 13.9. The lowest BCUT2D eigenvalue weighted by molar-refractivity contribution is -0.245. The third-order valence-corrected chi connectivity index (χ3v) is 14.3. The maximum absolute atomic E-state index is 13.9. The van der Waals surface area contributed by atoms with Crippen molar-refractivity contribution in [2.45, 2.75) is 69.4 Å². The molecule has 3 aliphatic carbocycles. The first-order chi connectivity index (χ1) is 37.9. The van der Waals surface area contributed by atoms with E-state index in [1.165, 1.54) is 44.4 Å².